The molecule has 0 aliphatic heterocycles. The van der Waals surface area contributed by atoms with Crippen LogP contribution in [0.25, 0.3) is 11.0 Å². The Balaban J connectivity index is 1.84. The molecule has 6 nitrogen and oxygen atoms in total. The highest BCUT2D eigenvalue weighted by Gasteiger charge is 2.12. The summed E-state index contributed by atoms with van der Waals surface area (Å²) in [5, 5.41) is 9.52. The molecule has 0 aliphatic carbocycles. The fourth-order valence-corrected chi connectivity index (χ4v) is 2.33. The van der Waals surface area contributed by atoms with Gasteiger partial charge in [0, 0.05) is 0 Å². The van der Waals surface area contributed by atoms with Gasteiger partial charge in [-0.05, 0) is 36.2 Å². The molecule has 122 valence electrons. The molecule has 3 aromatic rings. The summed E-state index contributed by atoms with van der Waals surface area (Å²) in [6.07, 6.45) is 0.230. The van der Waals surface area contributed by atoms with Crippen molar-refractivity contribution >= 4 is 16.9 Å². The molecular formula is C18H15NO5. The predicted molar refractivity (Wildman–Crippen MR) is 88.3 cm³/mol. The van der Waals surface area contributed by atoms with Gasteiger partial charge in [-0.15, -0.1) is 0 Å². The van der Waals surface area contributed by atoms with Crippen LogP contribution < -0.4 is 16.1 Å². The lowest BCUT2D eigenvalue weighted by atomic mass is 10.1. The molecule has 0 radical (unpaired) electrons. The van der Waals surface area contributed by atoms with Crippen molar-refractivity contribution in [3.8, 4) is 11.5 Å². The van der Waals surface area contributed by atoms with Crippen LogP contribution in [-0.4, -0.2) is 17.1 Å². The highest BCUT2D eigenvalue weighted by atomic mass is 16.5. The van der Waals surface area contributed by atoms with Gasteiger partial charge in [-0.2, -0.15) is 0 Å². The van der Waals surface area contributed by atoms with Gasteiger partial charge < -0.3 is 20.0 Å². The summed E-state index contributed by atoms with van der Waals surface area (Å²) < 4.78 is 10.9. The van der Waals surface area contributed by atoms with Crippen LogP contribution in [0.1, 0.15) is 5.56 Å². The van der Waals surface area contributed by atoms with E-state index in [4.69, 9.17) is 20.0 Å². The van der Waals surface area contributed by atoms with Crippen LogP contribution in [0.4, 0.5) is 0 Å². The summed E-state index contributed by atoms with van der Waals surface area (Å²) >= 11 is 0. The summed E-state index contributed by atoms with van der Waals surface area (Å²) in [5.74, 6) is -0.118. The molecule has 24 heavy (non-hydrogen) atoms. The lowest BCUT2D eigenvalue weighted by Gasteiger charge is -2.10. The summed E-state index contributed by atoms with van der Waals surface area (Å²) in [6, 6.07) is 14.3. The van der Waals surface area contributed by atoms with E-state index in [1.165, 1.54) is 6.07 Å². The van der Waals surface area contributed by atoms with E-state index in [2.05, 4.69) is 0 Å². The molecule has 0 aliphatic rings. The SMILES string of the molecule is N[C@@H](Cc1ccc(Oc2cc(=O)oc3ccccc23)cc1)C(=O)O. The van der Waals surface area contributed by atoms with E-state index in [1.807, 2.05) is 6.07 Å². The zero-order chi connectivity index (χ0) is 17.1. The average Bonchev–Trinajstić information content (AvgIpc) is 2.56. The average molecular weight is 325 g/mol. The number of nitrogens with two attached hydrogens (primary N) is 1. The summed E-state index contributed by atoms with van der Waals surface area (Å²) in [4.78, 5) is 22.4. The van der Waals surface area contributed by atoms with E-state index < -0.39 is 17.6 Å². The van der Waals surface area contributed by atoms with Gasteiger partial charge in [-0.3, -0.25) is 4.79 Å². The zero-order valence-corrected chi connectivity index (χ0v) is 12.6. The standard InChI is InChI=1S/C18H15NO5/c19-14(18(21)22)9-11-5-7-12(8-6-11)23-16-10-17(20)24-15-4-2-1-3-13(15)16/h1-8,10,14H,9,19H2,(H,21,22)/t14-/m0/s1. The number of ether oxygens (including phenoxy) is 1. The fraction of sp³-hybridized carbons (Fsp3) is 0.111. The Morgan fingerprint density at radius 3 is 2.58 bits per heavy atom. The molecule has 1 aromatic heterocycles. The van der Waals surface area contributed by atoms with E-state index in [1.54, 1.807) is 42.5 Å². The number of para-hydroxylation sites is 1. The third kappa shape index (κ3) is 3.44. The van der Waals surface area contributed by atoms with Gasteiger partial charge in [0.25, 0.3) is 0 Å². The Kier molecular flexibility index (Phi) is 4.31. The third-order valence-corrected chi connectivity index (χ3v) is 3.54. The molecule has 0 unspecified atom stereocenters. The molecule has 3 rings (SSSR count). The Morgan fingerprint density at radius 2 is 1.88 bits per heavy atom. The van der Waals surface area contributed by atoms with E-state index in [-0.39, 0.29) is 6.42 Å². The van der Waals surface area contributed by atoms with Gasteiger partial charge in [-0.25, -0.2) is 4.79 Å². The first-order valence-electron chi connectivity index (χ1n) is 7.31. The van der Waals surface area contributed by atoms with Gasteiger partial charge >= 0.3 is 11.6 Å². The number of aliphatic carboxylic acids is 1. The molecule has 3 N–H and O–H groups in total. The van der Waals surface area contributed by atoms with Crippen molar-refractivity contribution in [3.63, 3.8) is 0 Å². The lowest BCUT2D eigenvalue weighted by molar-refractivity contribution is -0.138. The Morgan fingerprint density at radius 1 is 1.17 bits per heavy atom. The second-order valence-corrected chi connectivity index (χ2v) is 5.32. The molecule has 1 heterocycles. The van der Waals surface area contributed by atoms with E-state index in [0.717, 1.165) is 5.56 Å². The van der Waals surface area contributed by atoms with Gasteiger partial charge in [0.15, 0.2) is 0 Å². The minimum atomic E-state index is -1.04. The van der Waals surface area contributed by atoms with Crippen molar-refractivity contribution < 1.29 is 19.1 Å². The fourth-order valence-electron chi connectivity index (χ4n) is 2.33. The molecule has 1 atom stereocenters. The maximum absolute atomic E-state index is 11.6. The number of rotatable bonds is 5. The first-order chi connectivity index (χ1) is 11.5. The second-order valence-electron chi connectivity index (χ2n) is 5.32. The molecule has 0 saturated carbocycles. The third-order valence-electron chi connectivity index (χ3n) is 3.54. The van der Waals surface area contributed by atoms with Gasteiger partial charge in [0.05, 0.1) is 11.5 Å². The van der Waals surface area contributed by atoms with Gasteiger partial charge in [0.1, 0.15) is 23.1 Å². The number of carbonyl (C=O) groups is 1. The molecule has 0 bridgehead atoms. The highest BCUT2D eigenvalue weighted by molar-refractivity contribution is 5.83. The molecule has 0 saturated heterocycles. The number of carboxylic acids is 1. The molecule has 0 spiro atoms. The highest BCUT2D eigenvalue weighted by Crippen LogP contribution is 2.28. The molecular weight excluding hydrogens is 310 g/mol. The van der Waals surface area contributed by atoms with Crippen LogP contribution in [0, 0.1) is 0 Å². The number of hydrogen-bond acceptors (Lipinski definition) is 5. The molecule has 0 fully saturated rings. The largest absolute Gasteiger partial charge is 0.480 e. The summed E-state index contributed by atoms with van der Waals surface area (Å²) in [7, 11) is 0. The van der Waals surface area contributed by atoms with Crippen LogP contribution in [0.3, 0.4) is 0 Å². The lowest BCUT2D eigenvalue weighted by Crippen LogP contribution is -2.32. The number of fused-ring (bicyclic) bond motifs is 1. The maximum Gasteiger partial charge on any atom is 0.339 e. The normalized spacial score (nSPS) is 12.0. The summed E-state index contributed by atoms with van der Waals surface area (Å²) in [5.41, 5.74) is 6.26. The first kappa shape index (κ1) is 15.8. The van der Waals surface area contributed by atoms with Crippen molar-refractivity contribution in [3.05, 3.63) is 70.6 Å². The van der Waals surface area contributed by atoms with Crippen molar-refractivity contribution in [1.29, 1.82) is 0 Å². The van der Waals surface area contributed by atoms with E-state index >= 15 is 0 Å². The Hall–Kier alpha value is -3.12. The maximum atomic E-state index is 11.6. The van der Waals surface area contributed by atoms with Crippen molar-refractivity contribution in [2.24, 2.45) is 5.73 Å². The van der Waals surface area contributed by atoms with Crippen LogP contribution in [0.5, 0.6) is 11.5 Å². The number of hydrogen-bond donors (Lipinski definition) is 2. The predicted octanol–water partition coefficient (Wildman–Crippen LogP) is 2.54. The van der Waals surface area contributed by atoms with Crippen LogP contribution in [0.2, 0.25) is 0 Å². The quantitative estimate of drug-likeness (QED) is 0.699. The van der Waals surface area contributed by atoms with Crippen LogP contribution in [0.15, 0.2) is 63.8 Å². The molecule has 2 aromatic carbocycles. The minimum Gasteiger partial charge on any atom is -0.480 e. The first-order valence-corrected chi connectivity index (χ1v) is 7.31. The van der Waals surface area contributed by atoms with Crippen molar-refractivity contribution in [2.75, 3.05) is 0 Å². The summed E-state index contributed by atoms with van der Waals surface area (Å²) in [6.45, 7) is 0. The minimum absolute atomic E-state index is 0.230. The molecule has 0 amide bonds. The van der Waals surface area contributed by atoms with Gasteiger partial charge in [0.2, 0.25) is 0 Å². The van der Waals surface area contributed by atoms with Crippen molar-refractivity contribution in [2.45, 2.75) is 12.5 Å². The van der Waals surface area contributed by atoms with Crippen LogP contribution in [-0.2, 0) is 11.2 Å². The van der Waals surface area contributed by atoms with Crippen molar-refractivity contribution in [1.82, 2.24) is 0 Å². The monoisotopic (exact) mass is 325 g/mol. The zero-order valence-electron chi connectivity index (χ0n) is 12.6. The Labute approximate surface area is 137 Å². The van der Waals surface area contributed by atoms with E-state index in [0.29, 0.717) is 22.5 Å². The topological polar surface area (TPSA) is 103 Å². The second kappa shape index (κ2) is 6.55. The number of benzene rings is 2. The Bertz CT molecular complexity index is 930. The molecule has 6 heteroatoms. The van der Waals surface area contributed by atoms with Crippen LogP contribution >= 0.6 is 0 Å². The van der Waals surface area contributed by atoms with E-state index in [9.17, 15) is 9.59 Å². The number of carboxylic acid groups (broad SMARTS) is 1. The van der Waals surface area contributed by atoms with Gasteiger partial charge in [-0.1, -0.05) is 24.3 Å². The smallest absolute Gasteiger partial charge is 0.339 e.